The molecule has 107 heavy (non-hydrogen) atoms. The third-order valence-corrected chi connectivity index (χ3v) is 33.9. The van der Waals surface area contributed by atoms with Crippen molar-refractivity contribution in [2.24, 2.45) is 29.6 Å². The predicted octanol–water partition coefficient (Wildman–Crippen LogP) is 30.0. The minimum absolute atomic E-state index is 0.0400. The van der Waals surface area contributed by atoms with Crippen LogP contribution in [-0.4, -0.2) is 57.5 Å². The number of methoxy groups -OCH3 is 2. The van der Waals surface area contributed by atoms with Gasteiger partial charge in [-0.25, -0.2) is 0 Å². The highest BCUT2D eigenvalue weighted by Gasteiger charge is 2.52. The van der Waals surface area contributed by atoms with Crippen molar-refractivity contribution < 1.29 is 24.8 Å². The Bertz CT molecular complexity index is 3370. The van der Waals surface area contributed by atoms with Gasteiger partial charge < -0.3 is 24.8 Å². The van der Waals surface area contributed by atoms with Gasteiger partial charge in [0, 0.05) is 14.2 Å². The van der Waals surface area contributed by atoms with Gasteiger partial charge in [0.25, 0.3) is 0 Å². The van der Waals surface area contributed by atoms with Crippen LogP contribution in [0, 0.1) is 29.6 Å². The Labute approximate surface area is 694 Å². The van der Waals surface area contributed by atoms with E-state index in [0.717, 1.165) is 132 Å². The van der Waals surface area contributed by atoms with Crippen molar-refractivity contribution in [1.29, 1.82) is 0 Å². The fraction of sp³-hybridized carbons (Fsp3) is 0.674. The molecule has 0 spiro atoms. The molecule has 0 aromatic heterocycles. The Morgan fingerprint density at radius 3 is 0.523 bits per heavy atom. The van der Waals surface area contributed by atoms with E-state index in [0.29, 0.717) is 50.2 Å². The molecule has 10 aliphatic rings. The van der Waals surface area contributed by atoms with Crippen molar-refractivity contribution in [1.82, 2.24) is 0 Å². The highest BCUT2D eigenvalue weighted by Crippen LogP contribution is 2.60. The number of halogens is 10. The van der Waals surface area contributed by atoms with Crippen LogP contribution in [0.4, 0.5) is 0 Å². The van der Waals surface area contributed by atoms with Gasteiger partial charge >= 0.3 is 0 Å². The molecular formula is C92H124Cl10O5. The first-order valence-corrected chi connectivity index (χ1v) is 45.1. The van der Waals surface area contributed by atoms with Crippen LogP contribution in [-0.2, 0) is 36.5 Å². The third kappa shape index (κ3) is 20.1. The maximum absolute atomic E-state index is 10.3. The first-order chi connectivity index (χ1) is 50.8. The van der Waals surface area contributed by atoms with Gasteiger partial charge in [-0.15, -0.1) is 0 Å². The Hall–Kier alpha value is -1.20. The van der Waals surface area contributed by atoms with E-state index < -0.39 is 16.8 Å². The summed E-state index contributed by atoms with van der Waals surface area (Å²) in [5.74, 6) is 3.75. The molecule has 10 saturated carbocycles. The zero-order chi connectivity index (χ0) is 76.9. The van der Waals surface area contributed by atoms with Crippen molar-refractivity contribution in [2.45, 2.75) is 347 Å². The van der Waals surface area contributed by atoms with Gasteiger partial charge in [-0.1, -0.05) is 211 Å². The van der Waals surface area contributed by atoms with E-state index in [1.165, 1.54) is 182 Å². The minimum Gasteiger partial charge on any atom is -0.390 e. The first kappa shape index (κ1) is 86.7. The number of benzene rings is 5. The number of ether oxygens (including phenoxy) is 2. The summed E-state index contributed by atoms with van der Waals surface area (Å²) in [4.78, 5) is 0. The van der Waals surface area contributed by atoms with Crippen molar-refractivity contribution in [3.05, 3.63) is 169 Å². The first-order valence-electron chi connectivity index (χ1n) is 41.3. The zero-order valence-electron chi connectivity index (χ0n) is 65.3. The van der Waals surface area contributed by atoms with Gasteiger partial charge in [0.1, 0.15) is 0 Å². The van der Waals surface area contributed by atoms with Gasteiger partial charge in [-0.2, -0.15) is 0 Å². The Balaban J connectivity index is 0.000000133. The average molecular weight is 1660 g/mol. The average Bonchev–Trinajstić information content (AvgIpc) is 1.76. The molecule has 0 aliphatic heterocycles. The fourth-order valence-corrected chi connectivity index (χ4v) is 24.1. The normalized spacial score (nSPS) is 33.9. The van der Waals surface area contributed by atoms with Crippen LogP contribution in [0.15, 0.2) is 91.0 Å². The molecule has 0 unspecified atom stereocenters. The van der Waals surface area contributed by atoms with E-state index in [9.17, 15) is 15.3 Å². The maximum Gasteiger partial charge on any atom is 0.0651 e. The highest BCUT2D eigenvalue weighted by atomic mass is 35.5. The van der Waals surface area contributed by atoms with E-state index >= 15 is 0 Å². The van der Waals surface area contributed by atoms with Crippen molar-refractivity contribution >= 4 is 116 Å². The summed E-state index contributed by atoms with van der Waals surface area (Å²) < 4.78 is 11.5. The van der Waals surface area contributed by atoms with E-state index in [4.69, 9.17) is 125 Å². The summed E-state index contributed by atoms with van der Waals surface area (Å²) in [6.07, 6.45) is 47.7. The summed E-state index contributed by atoms with van der Waals surface area (Å²) in [5.41, 5.74) is 6.46. The van der Waals surface area contributed by atoms with Crippen LogP contribution in [0.25, 0.3) is 0 Å². The zero-order valence-corrected chi connectivity index (χ0v) is 72.8. The number of hydrogen-bond acceptors (Lipinski definition) is 5. The molecule has 0 saturated heterocycles. The van der Waals surface area contributed by atoms with Crippen LogP contribution in [0.5, 0.6) is 0 Å². The van der Waals surface area contributed by atoms with Gasteiger partial charge in [-0.3, -0.25) is 0 Å². The summed E-state index contributed by atoms with van der Waals surface area (Å²) >= 11 is 62.1. The molecule has 592 valence electrons. The Morgan fingerprint density at radius 2 is 0.383 bits per heavy atom. The molecule has 5 nitrogen and oxygen atoms in total. The van der Waals surface area contributed by atoms with Crippen molar-refractivity contribution in [2.75, 3.05) is 14.2 Å². The standard InChI is InChI=1S/2C19H26Cl2O.3C18H24Cl2O/c2*1-18(22-2)9-11-19(12-10-18,14-5-3-4-6-14)15-7-8-16(20)17(21)13-15;3*1-17(21)8-10-18(11-9-17,13-4-2-3-5-13)14-6-7-15(19)16(20)12-14/h2*7-8,13-14H,3-6,9-12H2,1-2H3;3*6-7,12-13,21H,2-5,8-11H2,1H3. The SMILES string of the molecule is CC1(O)CCC(c2ccc(Cl)c(Cl)c2)(C2CCCC2)CC1.CC1(O)CCC(c2ccc(Cl)c(Cl)c2)(C2CCCC2)CC1.CC1(O)CCC(c2ccc(Cl)c(Cl)c2)(C2CCCC2)CC1.COC1(C)CCC(c2ccc(Cl)c(Cl)c2)(C2CCCC2)CC1.COC1(C)CCC(c2ccc(Cl)c(Cl)c2)(C2CCCC2)CC1. The molecule has 0 bridgehead atoms. The van der Waals surface area contributed by atoms with Crippen LogP contribution >= 0.6 is 116 Å². The number of aliphatic hydroxyl groups is 3. The maximum atomic E-state index is 10.3. The molecular weight excluding hydrogens is 1540 g/mol. The largest absolute Gasteiger partial charge is 0.390 e. The van der Waals surface area contributed by atoms with Gasteiger partial charge in [-0.05, 0) is 372 Å². The van der Waals surface area contributed by atoms with Crippen LogP contribution in [0.3, 0.4) is 0 Å². The second-order valence-corrected chi connectivity index (χ2v) is 40.7. The minimum atomic E-state index is -0.502. The van der Waals surface area contributed by atoms with Crippen molar-refractivity contribution in [3.8, 4) is 0 Å². The van der Waals surface area contributed by atoms with Crippen molar-refractivity contribution in [3.63, 3.8) is 0 Å². The second-order valence-electron chi connectivity index (χ2n) is 36.6. The predicted molar refractivity (Wildman–Crippen MR) is 456 cm³/mol. The van der Waals surface area contributed by atoms with Crippen LogP contribution in [0.1, 0.15) is 319 Å². The quantitative estimate of drug-likeness (QED) is 0.116. The molecule has 10 fully saturated rings. The van der Waals surface area contributed by atoms with Crippen LogP contribution < -0.4 is 0 Å². The second kappa shape index (κ2) is 36.5. The molecule has 0 atom stereocenters. The highest BCUT2D eigenvalue weighted by molar-refractivity contribution is 6.44. The molecule has 0 amide bonds. The topological polar surface area (TPSA) is 79.2 Å². The molecule has 15 rings (SSSR count). The number of hydrogen-bond donors (Lipinski definition) is 3. The molecule has 0 radical (unpaired) electrons. The third-order valence-electron chi connectivity index (χ3n) is 30.2. The molecule has 10 aliphatic carbocycles. The summed E-state index contributed by atoms with van der Waals surface area (Å²) in [7, 11) is 3.70. The lowest BCUT2D eigenvalue weighted by Crippen LogP contribution is -2.44. The van der Waals surface area contributed by atoms with E-state index in [1.807, 2.05) is 65.3 Å². The summed E-state index contributed by atoms with van der Waals surface area (Å²) in [5, 5.41) is 37.6. The Kier molecular flexibility index (Phi) is 29.6. The van der Waals surface area contributed by atoms with E-state index in [1.54, 1.807) is 0 Å². The number of rotatable bonds is 12. The van der Waals surface area contributed by atoms with Gasteiger partial charge in [0.15, 0.2) is 0 Å². The van der Waals surface area contributed by atoms with E-state index in [-0.39, 0.29) is 38.3 Å². The monoisotopic (exact) mass is 1660 g/mol. The fourth-order valence-electron chi connectivity index (χ4n) is 22.6. The van der Waals surface area contributed by atoms with Gasteiger partial charge in [0.2, 0.25) is 0 Å². The smallest absolute Gasteiger partial charge is 0.0651 e. The van der Waals surface area contributed by atoms with E-state index in [2.05, 4.69) is 74.5 Å². The van der Waals surface area contributed by atoms with Gasteiger partial charge in [0.05, 0.1) is 78.2 Å². The lowest BCUT2D eigenvalue weighted by molar-refractivity contribution is -0.0476. The Morgan fingerprint density at radius 1 is 0.234 bits per heavy atom. The molecule has 5 aromatic carbocycles. The molecule has 5 aromatic rings. The van der Waals surface area contributed by atoms with Crippen LogP contribution in [0.2, 0.25) is 50.2 Å². The molecule has 15 heteroatoms. The lowest BCUT2D eigenvalue weighted by Gasteiger charge is -2.48. The molecule has 3 N–H and O–H groups in total. The lowest BCUT2D eigenvalue weighted by atomic mass is 9.59. The summed E-state index contributed by atoms with van der Waals surface area (Å²) in [6.45, 7) is 10.4. The molecule has 0 heterocycles. The summed E-state index contributed by atoms with van der Waals surface area (Å²) in [6, 6.07) is 31.1.